The maximum atomic E-state index is 12.8. The molecule has 1 saturated carbocycles. The van der Waals surface area contributed by atoms with Gasteiger partial charge in [0.2, 0.25) is 11.8 Å². The molecule has 146 valence electrons. The number of amides is 2. The highest BCUT2D eigenvalue weighted by molar-refractivity contribution is 5.83. The summed E-state index contributed by atoms with van der Waals surface area (Å²) < 4.78 is 0. The lowest BCUT2D eigenvalue weighted by molar-refractivity contribution is -0.142. The lowest BCUT2D eigenvalue weighted by atomic mass is 9.67. The summed E-state index contributed by atoms with van der Waals surface area (Å²) in [6.45, 7) is 8.49. The average molecular weight is 369 g/mol. The summed E-state index contributed by atoms with van der Waals surface area (Å²) in [4.78, 5) is 26.4. The molecule has 1 aliphatic carbocycles. The van der Waals surface area contributed by atoms with Gasteiger partial charge in [0.25, 0.3) is 0 Å². The molecule has 0 unspecified atom stereocenters. The fourth-order valence-electron chi connectivity index (χ4n) is 5.09. The van der Waals surface area contributed by atoms with Crippen molar-refractivity contribution in [3.8, 4) is 0 Å². The van der Waals surface area contributed by atoms with Crippen molar-refractivity contribution in [1.29, 1.82) is 0 Å². The normalized spacial score (nSPS) is 28.9. The molecule has 2 amide bonds. The van der Waals surface area contributed by atoms with Crippen molar-refractivity contribution >= 4 is 11.8 Å². The zero-order valence-corrected chi connectivity index (χ0v) is 16.9. The standard InChI is InChI=1S/C23H32N2O2/c1-22(2,3)19-6-4-5-17(13-19)16-8-11-25(12-9-16)21(27)18-14-23(15-18)10-7-20(26)24-23/h4-6,13,16,18H,7-12,14-15H2,1-3H3,(H,24,26). The minimum Gasteiger partial charge on any atom is -0.351 e. The largest absolute Gasteiger partial charge is 0.351 e. The molecule has 4 nitrogen and oxygen atoms in total. The number of benzene rings is 1. The van der Waals surface area contributed by atoms with E-state index in [2.05, 4.69) is 55.3 Å². The minimum absolute atomic E-state index is 0.0525. The average Bonchev–Trinajstić information content (AvgIpc) is 3.02. The molecule has 3 aliphatic rings. The van der Waals surface area contributed by atoms with E-state index in [1.807, 2.05) is 0 Å². The predicted octanol–water partition coefficient (Wildman–Crippen LogP) is 3.75. The second-order valence-corrected chi connectivity index (χ2v) is 9.91. The van der Waals surface area contributed by atoms with Crippen LogP contribution in [0.15, 0.2) is 24.3 Å². The lowest BCUT2D eigenvalue weighted by Gasteiger charge is -2.46. The fourth-order valence-corrected chi connectivity index (χ4v) is 5.09. The van der Waals surface area contributed by atoms with Gasteiger partial charge < -0.3 is 10.2 Å². The van der Waals surface area contributed by atoms with Gasteiger partial charge in [0.05, 0.1) is 0 Å². The van der Waals surface area contributed by atoms with E-state index in [1.165, 1.54) is 11.1 Å². The first-order valence-electron chi connectivity index (χ1n) is 10.5. The molecule has 2 aliphatic heterocycles. The van der Waals surface area contributed by atoms with Crippen LogP contribution in [-0.2, 0) is 15.0 Å². The Hall–Kier alpha value is -1.84. The van der Waals surface area contributed by atoms with Crippen LogP contribution < -0.4 is 5.32 Å². The number of carbonyl (C=O) groups is 2. The van der Waals surface area contributed by atoms with Crippen molar-refractivity contribution in [2.75, 3.05) is 13.1 Å². The SMILES string of the molecule is CC(C)(C)c1cccc(C2CCN(C(=O)C3CC4(CCC(=O)N4)C3)CC2)c1. The maximum absolute atomic E-state index is 12.8. The summed E-state index contributed by atoms with van der Waals surface area (Å²) in [5, 5.41) is 3.09. The molecule has 0 radical (unpaired) electrons. The van der Waals surface area contributed by atoms with Crippen LogP contribution in [0.3, 0.4) is 0 Å². The van der Waals surface area contributed by atoms with Gasteiger partial charge in [-0.15, -0.1) is 0 Å². The number of rotatable bonds is 2. The third kappa shape index (κ3) is 3.63. The van der Waals surface area contributed by atoms with Gasteiger partial charge in [-0.1, -0.05) is 45.0 Å². The Morgan fingerprint density at radius 3 is 2.48 bits per heavy atom. The monoisotopic (exact) mass is 368 g/mol. The first kappa shape index (κ1) is 18.5. The van der Waals surface area contributed by atoms with Gasteiger partial charge >= 0.3 is 0 Å². The van der Waals surface area contributed by atoms with E-state index in [-0.39, 0.29) is 22.8 Å². The van der Waals surface area contributed by atoms with Gasteiger partial charge in [0.1, 0.15) is 0 Å². The molecule has 2 heterocycles. The lowest BCUT2D eigenvalue weighted by Crippen LogP contribution is -2.57. The summed E-state index contributed by atoms with van der Waals surface area (Å²) in [7, 11) is 0. The van der Waals surface area contributed by atoms with E-state index in [0.717, 1.165) is 45.2 Å². The molecule has 1 aromatic rings. The Bertz CT molecular complexity index is 735. The van der Waals surface area contributed by atoms with Crippen molar-refractivity contribution in [3.05, 3.63) is 35.4 Å². The maximum Gasteiger partial charge on any atom is 0.225 e. The van der Waals surface area contributed by atoms with Gasteiger partial charge in [0, 0.05) is 31.0 Å². The Balaban J connectivity index is 1.32. The molecule has 2 saturated heterocycles. The van der Waals surface area contributed by atoms with Crippen molar-refractivity contribution in [2.24, 2.45) is 5.92 Å². The van der Waals surface area contributed by atoms with Crippen LogP contribution in [0, 0.1) is 5.92 Å². The summed E-state index contributed by atoms with van der Waals surface area (Å²) in [6.07, 6.45) is 5.31. The number of carbonyl (C=O) groups excluding carboxylic acids is 2. The van der Waals surface area contributed by atoms with Crippen molar-refractivity contribution in [3.63, 3.8) is 0 Å². The smallest absolute Gasteiger partial charge is 0.225 e. The first-order valence-corrected chi connectivity index (χ1v) is 10.5. The molecule has 1 aromatic carbocycles. The number of piperidine rings is 1. The Morgan fingerprint density at radius 2 is 1.89 bits per heavy atom. The van der Waals surface area contributed by atoms with E-state index in [9.17, 15) is 9.59 Å². The minimum atomic E-state index is -0.0525. The van der Waals surface area contributed by atoms with Crippen LogP contribution in [-0.4, -0.2) is 35.3 Å². The number of hydrogen-bond donors (Lipinski definition) is 1. The Labute approximate surface area is 162 Å². The highest BCUT2D eigenvalue weighted by atomic mass is 16.2. The summed E-state index contributed by atoms with van der Waals surface area (Å²) >= 11 is 0. The van der Waals surface area contributed by atoms with E-state index in [4.69, 9.17) is 0 Å². The second-order valence-electron chi connectivity index (χ2n) is 9.91. The predicted molar refractivity (Wildman–Crippen MR) is 107 cm³/mol. The van der Waals surface area contributed by atoms with Crippen LogP contribution in [0.5, 0.6) is 0 Å². The van der Waals surface area contributed by atoms with E-state index in [0.29, 0.717) is 18.2 Å². The number of nitrogens with one attached hydrogen (secondary N) is 1. The van der Waals surface area contributed by atoms with E-state index < -0.39 is 0 Å². The molecule has 4 rings (SSSR count). The Kier molecular flexibility index (Phi) is 4.56. The van der Waals surface area contributed by atoms with Gasteiger partial charge in [-0.2, -0.15) is 0 Å². The number of likely N-dealkylation sites (tertiary alicyclic amines) is 1. The van der Waals surface area contributed by atoms with E-state index in [1.54, 1.807) is 0 Å². The molecule has 27 heavy (non-hydrogen) atoms. The molecule has 0 bridgehead atoms. The topological polar surface area (TPSA) is 49.4 Å². The molecule has 3 fully saturated rings. The van der Waals surface area contributed by atoms with Crippen LogP contribution >= 0.6 is 0 Å². The third-order valence-corrected chi connectivity index (χ3v) is 6.89. The van der Waals surface area contributed by atoms with Crippen LogP contribution in [0.25, 0.3) is 0 Å². The summed E-state index contributed by atoms with van der Waals surface area (Å²) in [6, 6.07) is 9.00. The zero-order chi connectivity index (χ0) is 19.2. The van der Waals surface area contributed by atoms with Gasteiger partial charge in [-0.25, -0.2) is 0 Å². The molecular weight excluding hydrogens is 336 g/mol. The van der Waals surface area contributed by atoms with Crippen LogP contribution in [0.1, 0.15) is 76.3 Å². The Morgan fingerprint density at radius 1 is 1.19 bits per heavy atom. The van der Waals surface area contributed by atoms with Crippen molar-refractivity contribution in [2.45, 2.75) is 76.2 Å². The van der Waals surface area contributed by atoms with Crippen molar-refractivity contribution < 1.29 is 9.59 Å². The highest BCUT2D eigenvalue weighted by Crippen LogP contribution is 2.45. The third-order valence-electron chi connectivity index (χ3n) is 6.89. The molecule has 0 atom stereocenters. The number of nitrogens with zero attached hydrogens (tertiary/aromatic N) is 1. The zero-order valence-electron chi connectivity index (χ0n) is 16.9. The molecule has 1 N–H and O–H groups in total. The molecule has 0 aromatic heterocycles. The van der Waals surface area contributed by atoms with E-state index >= 15 is 0 Å². The molecule has 4 heteroatoms. The van der Waals surface area contributed by atoms with Gasteiger partial charge in [-0.3, -0.25) is 9.59 Å². The number of hydrogen-bond acceptors (Lipinski definition) is 2. The van der Waals surface area contributed by atoms with Crippen LogP contribution in [0.4, 0.5) is 0 Å². The molecular formula is C23H32N2O2. The fraction of sp³-hybridized carbons (Fsp3) is 0.652. The molecule has 1 spiro atoms. The van der Waals surface area contributed by atoms with Gasteiger partial charge in [-0.05, 0) is 54.6 Å². The van der Waals surface area contributed by atoms with Crippen LogP contribution in [0.2, 0.25) is 0 Å². The van der Waals surface area contributed by atoms with Gasteiger partial charge in [0.15, 0.2) is 0 Å². The first-order chi connectivity index (χ1) is 12.8. The van der Waals surface area contributed by atoms with Crippen molar-refractivity contribution in [1.82, 2.24) is 10.2 Å². The summed E-state index contributed by atoms with van der Waals surface area (Å²) in [5.41, 5.74) is 2.92. The summed E-state index contributed by atoms with van der Waals surface area (Å²) in [5.74, 6) is 1.13. The second kappa shape index (κ2) is 6.65. The highest BCUT2D eigenvalue weighted by Gasteiger charge is 2.51. The quantitative estimate of drug-likeness (QED) is 0.864.